The van der Waals surface area contributed by atoms with E-state index in [4.69, 9.17) is 0 Å². The number of rotatable bonds is 4. The molecule has 0 aliphatic rings. The average molecular weight is 323 g/mol. The highest BCUT2D eigenvalue weighted by molar-refractivity contribution is 7.99. The molecule has 0 atom stereocenters. The van der Waals surface area contributed by atoms with Gasteiger partial charge in [-0.2, -0.15) is 0 Å². The van der Waals surface area contributed by atoms with Gasteiger partial charge >= 0.3 is 0 Å². The molecule has 21 heavy (non-hydrogen) atoms. The number of hydrogen-bond donors (Lipinski definition) is 1. The molecule has 1 aromatic heterocycles. The van der Waals surface area contributed by atoms with Crippen molar-refractivity contribution in [1.82, 2.24) is 9.97 Å². The van der Waals surface area contributed by atoms with Crippen LogP contribution in [0.3, 0.4) is 0 Å². The topological polar surface area (TPSA) is 72.0 Å². The first-order valence-electron chi connectivity index (χ1n) is 6.32. The molecule has 0 amide bonds. The van der Waals surface area contributed by atoms with Crippen molar-refractivity contribution in [3.63, 3.8) is 0 Å². The van der Waals surface area contributed by atoms with Gasteiger partial charge in [-0.25, -0.2) is 18.4 Å². The Kier molecular flexibility index (Phi) is 4.53. The van der Waals surface area contributed by atoms with Crippen LogP contribution in [0.2, 0.25) is 0 Å². The van der Waals surface area contributed by atoms with Crippen molar-refractivity contribution < 1.29 is 8.42 Å². The molecule has 1 aromatic carbocycles. The molecule has 112 valence electrons. The minimum Gasteiger partial charge on any atom is -0.373 e. The second kappa shape index (κ2) is 6.03. The molecule has 0 bridgehead atoms. The predicted octanol–water partition coefficient (Wildman–Crippen LogP) is 2.69. The van der Waals surface area contributed by atoms with Crippen LogP contribution in [0, 0.1) is 13.8 Å². The van der Waals surface area contributed by atoms with E-state index in [1.165, 1.54) is 18.0 Å². The lowest BCUT2D eigenvalue weighted by Gasteiger charge is -2.10. The smallest absolute Gasteiger partial charge is 0.175 e. The van der Waals surface area contributed by atoms with Crippen molar-refractivity contribution in [3.8, 4) is 0 Å². The number of anilines is 1. The maximum absolute atomic E-state index is 11.4. The third-order valence-corrected chi connectivity index (χ3v) is 5.14. The first kappa shape index (κ1) is 15.8. The summed E-state index contributed by atoms with van der Waals surface area (Å²) in [6.45, 7) is 3.80. The summed E-state index contributed by atoms with van der Waals surface area (Å²) >= 11 is 1.49. The highest BCUT2D eigenvalue weighted by atomic mass is 32.2. The van der Waals surface area contributed by atoms with E-state index in [0.29, 0.717) is 10.7 Å². The Morgan fingerprint density at radius 2 is 1.71 bits per heavy atom. The lowest BCUT2D eigenvalue weighted by Crippen LogP contribution is -2.02. The van der Waals surface area contributed by atoms with E-state index in [-0.39, 0.29) is 0 Å². The molecular weight excluding hydrogens is 306 g/mol. The molecule has 0 saturated heterocycles. The maximum Gasteiger partial charge on any atom is 0.175 e. The molecule has 7 heteroatoms. The van der Waals surface area contributed by atoms with E-state index >= 15 is 0 Å². The Balaban J connectivity index is 2.32. The Morgan fingerprint density at radius 1 is 1.10 bits per heavy atom. The zero-order valence-electron chi connectivity index (χ0n) is 12.3. The third kappa shape index (κ3) is 3.74. The summed E-state index contributed by atoms with van der Waals surface area (Å²) in [6, 6.07) is 6.80. The van der Waals surface area contributed by atoms with Crippen molar-refractivity contribution in [1.29, 1.82) is 0 Å². The fraction of sp³-hybridized carbons (Fsp3) is 0.286. The van der Waals surface area contributed by atoms with Gasteiger partial charge in [0.05, 0.1) is 4.90 Å². The molecule has 0 aliphatic carbocycles. The molecule has 5 nitrogen and oxygen atoms in total. The van der Waals surface area contributed by atoms with Crippen molar-refractivity contribution in [3.05, 3.63) is 35.7 Å². The number of aromatic nitrogens is 2. The predicted molar refractivity (Wildman–Crippen MR) is 84.7 cm³/mol. The summed E-state index contributed by atoms with van der Waals surface area (Å²) < 4.78 is 22.9. The molecule has 0 spiro atoms. The second-order valence-corrected chi connectivity index (χ2v) is 7.72. The summed E-state index contributed by atoms with van der Waals surface area (Å²) in [5.74, 6) is 1.50. The van der Waals surface area contributed by atoms with Crippen LogP contribution in [-0.4, -0.2) is 31.7 Å². The number of nitrogens with zero attached hydrogens (tertiary/aromatic N) is 2. The van der Waals surface area contributed by atoms with Crippen LogP contribution in [0.4, 0.5) is 5.82 Å². The van der Waals surface area contributed by atoms with Gasteiger partial charge in [0, 0.05) is 23.8 Å². The minimum atomic E-state index is -3.16. The zero-order valence-corrected chi connectivity index (χ0v) is 14.0. The van der Waals surface area contributed by atoms with Crippen molar-refractivity contribution in [2.45, 2.75) is 28.7 Å². The van der Waals surface area contributed by atoms with Gasteiger partial charge in [0.25, 0.3) is 0 Å². The standard InChI is InChI=1S/C14H17N3O2S2/c1-9-13(15-3)16-10(2)17-14(9)20-11-5-7-12(8-6-11)21(4,18)19/h5-8H,1-4H3,(H,15,16,17). The second-order valence-electron chi connectivity index (χ2n) is 4.65. The number of nitrogens with one attached hydrogen (secondary N) is 1. The van der Waals surface area contributed by atoms with Crippen molar-refractivity contribution in [2.24, 2.45) is 0 Å². The fourth-order valence-corrected chi connectivity index (χ4v) is 3.37. The number of hydrogen-bond acceptors (Lipinski definition) is 6. The van der Waals surface area contributed by atoms with E-state index < -0.39 is 9.84 Å². The van der Waals surface area contributed by atoms with Crippen LogP contribution in [0.1, 0.15) is 11.4 Å². The van der Waals surface area contributed by atoms with Gasteiger partial charge in [-0.1, -0.05) is 11.8 Å². The fourth-order valence-electron chi connectivity index (χ4n) is 1.81. The van der Waals surface area contributed by atoms with Gasteiger partial charge in [-0.15, -0.1) is 0 Å². The Bertz CT molecular complexity index is 757. The summed E-state index contributed by atoms with van der Waals surface area (Å²) in [5, 5.41) is 3.91. The Hall–Kier alpha value is -1.60. The molecule has 2 aromatic rings. The van der Waals surface area contributed by atoms with E-state index in [1.807, 2.05) is 20.9 Å². The van der Waals surface area contributed by atoms with Crippen LogP contribution >= 0.6 is 11.8 Å². The maximum atomic E-state index is 11.4. The van der Waals surface area contributed by atoms with Gasteiger partial charge in [-0.3, -0.25) is 0 Å². The summed E-state index contributed by atoms with van der Waals surface area (Å²) in [5.41, 5.74) is 0.972. The molecule has 1 N–H and O–H groups in total. The van der Waals surface area contributed by atoms with Crippen LogP contribution < -0.4 is 5.32 Å². The molecule has 0 radical (unpaired) electrons. The summed E-state index contributed by atoms with van der Waals surface area (Å²) in [6.07, 6.45) is 1.20. The SMILES string of the molecule is CNc1nc(C)nc(Sc2ccc(S(C)(=O)=O)cc2)c1C. The van der Waals surface area contributed by atoms with Crippen LogP contribution in [0.5, 0.6) is 0 Å². The lowest BCUT2D eigenvalue weighted by molar-refractivity contribution is 0.602. The van der Waals surface area contributed by atoms with Crippen molar-refractivity contribution >= 4 is 27.4 Å². The van der Waals surface area contributed by atoms with E-state index in [1.54, 1.807) is 24.3 Å². The van der Waals surface area contributed by atoms with Gasteiger partial charge < -0.3 is 5.32 Å². The van der Waals surface area contributed by atoms with Gasteiger partial charge in [0.2, 0.25) is 0 Å². The third-order valence-electron chi connectivity index (χ3n) is 2.92. The largest absolute Gasteiger partial charge is 0.373 e. The van der Waals surface area contributed by atoms with E-state index in [0.717, 1.165) is 21.3 Å². The van der Waals surface area contributed by atoms with E-state index in [9.17, 15) is 8.42 Å². The molecule has 0 unspecified atom stereocenters. The van der Waals surface area contributed by atoms with Gasteiger partial charge in [0.15, 0.2) is 9.84 Å². The normalized spacial score (nSPS) is 11.4. The first-order valence-corrected chi connectivity index (χ1v) is 9.03. The van der Waals surface area contributed by atoms with Crippen LogP contribution in [0.15, 0.2) is 39.1 Å². The average Bonchev–Trinajstić information content (AvgIpc) is 2.42. The number of benzene rings is 1. The van der Waals surface area contributed by atoms with Crippen LogP contribution in [-0.2, 0) is 9.84 Å². The monoisotopic (exact) mass is 323 g/mol. The highest BCUT2D eigenvalue weighted by Gasteiger charge is 2.11. The molecule has 0 fully saturated rings. The molecule has 0 saturated carbocycles. The highest BCUT2D eigenvalue weighted by Crippen LogP contribution is 2.31. The molecular formula is C14H17N3O2S2. The van der Waals surface area contributed by atoms with Gasteiger partial charge in [-0.05, 0) is 38.1 Å². The zero-order chi connectivity index (χ0) is 15.6. The Labute approximate surface area is 129 Å². The molecule has 1 heterocycles. The summed E-state index contributed by atoms with van der Waals surface area (Å²) in [7, 11) is -1.34. The van der Waals surface area contributed by atoms with Crippen molar-refractivity contribution in [2.75, 3.05) is 18.6 Å². The quantitative estimate of drug-likeness (QED) is 0.872. The minimum absolute atomic E-state index is 0.318. The van der Waals surface area contributed by atoms with Gasteiger partial charge in [0.1, 0.15) is 16.7 Å². The lowest BCUT2D eigenvalue weighted by atomic mass is 10.3. The number of sulfone groups is 1. The number of aryl methyl sites for hydroxylation is 1. The summed E-state index contributed by atoms with van der Waals surface area (Å²) in [4.78, 5) is 10.0. The Morgan fingerprint density at radius 3 is 2.24 bits per heavy atom. The van der Waals surface area contributed by atoms with E-state index in [2.05, 4.69) is 15.3 Å². The molecule has 0 aliphatic heterocycles. The molecule has 2 rings (SSSR count). The first-order chi connectivity index (χ1) is 9.81. The van der Waals surface area contributed by atoms with Crippen LogP contribution in [0.25, 0.3) is 0 Å².